The van der Waals surface area contributed by atoms with E-state index in [1.165, 1.54) is 11.1 Å². The van der Waals surface area contributed by atoms with E-state index in [2.05, 4.69) is 52.9 Å². The van der Waals surface area contributed by atoms with Crippen LogP contribution in [-0.4, -0.2) is 14.8 Å². The molecule has 0 saturated heterocycles. The van der Waals surface area contributed by atoms with E-state index in [9.17, 15) is 0 Å². The molecule has 0 amide bonds. The summed E-state index contributed by atoms with van der Waals surface area (Å²) >= 11 is 1.71. The van der Waals surface area contributed by atoms with E-state index in [1.807, 2.05) is 37.3 Å². The molecule has 1 aromatic heterocycles. The van der Waals surface area contributed by atoms with Crippen LogP contribution in [0.25, 0.3) is 0 Å². The molecule has 3 rings (SSSR count). The van der Waals surface area contributed by atoms with E-state index in [0.717, 1.165) is 29.0 Å². The summed E-state index contributed by atoms with van der Waals surface area (Å²) in [5.41, 5.74) is 2.58. The molecule has 0 aliphatic heterocycles. The molecule has 2 aromatic carbocycles. The van der Waals surface area contributed by atoms with E-state index < -0.39 is 0 Å². The van der Waals surface area contributed by atoms with E-state index in [1.54, 1.807) is 11.8 Å². The molecule has 3 aromatic rings. The van der Waals surface area contributed by atoms with Gasteiger partial charge in [0.25, 0.3) is 0 Å². The second kappa shape index (κ2) is 8.21. The van der Waals surface area contributed by atoms with Crippen LogP contribution < -0.4 is 4.74 Å². The molecule has 0 aliphatic carbocycles. The number of aryl methyl sites for hydroxylation is 1. The van der Waals surface area contributed by atoms with Crippen molar-refractivity contribution in [3.8, 4) is 5.75 Å². The van der Waals surface area contributed by atoms with Crippen LogP contribution >= 0.6 is 11.8 Å². The summed E-state index contributed by atoms with van der Waals surface area (Å²) in [7, 11) is 0. The van der Waals surface area contributed by atoms with Crippen LogP contribution in [0.3, 0.4) is 0 Å². The van der Waals surface area contributed by atoms with Gasteiger partial charge in [0.15, 0.2) is 17.1 Å². The molecule has 4 nitrogen and oxygen atoms in total. The first-order chi connectivity index (χ1) is 12.2. The van der Waals surface area contributed by atoms with Crippen molar-refractivity contribution in [1.29, 1.82) is 0 Å². The lowest BCUT2D eigenvalue weighted by atomic mass is 10.2. The zero-order valence-corrected chi connectivity index (χ0v) is 15.7. The molecule has 130 valence electrons. The van der Waals surface area contributed by atoms with Gasteiger partial charge in [0.2, 0.25) is 0 Å². The van der Waals surface area contributed by atoms with Crippen molar-refractivity contribution in [3.05, 3.63) is 71.5 Å². The van der Waals surface area contributed by atoms with Gasteiger partial charge in [-0.3, -0.25) is 0 Å². The SMILES string of the molecule is CCn1c(SCc2cccc(C)c2)nnc1[C@@H](C)Oc1ccccc1. The van der Waals surface area contributed by atoms with Crippen molar-refractivity contribution in [2.45, 2.75) is 44.3 Å². The minimum atomic E-state index is -0.150. The highest BCUT2D eigenvalue weighted by Crippen LogP contribution is 2.26. The quantitative estimate of drug-likeness (QED) is 0.558. The lowest BCUT2D eigenvalue weighted by Crippen LogP contribution is -2.11. The first-order valence-electron chi connectivity index (χ1n) is 8.50. The fourth-order valence-electron chi connectivity index (χ4n) is 2.71. The number of aromatic nitrogens is 3. The highest BCUT2D eigenvalue weighted by atomic mass is 32.2. The molecule has 0 aliphatic rings. The first-order valence-corrected chi connectivity index (χ1v) is 9.49. The van der Waals surface area contributed by atoms with Crippen LogP contribution in [0.1, 0.15) is 36.9 Å². The van der Waals surface area contributed by atoms with Gasteiger partial charge in [-0.1, -0.05) is 59.8 Å². The van der Waals surface area contributed by atoms with Crippen molar-refractivity contribution in [2.24, 2.45) is 0 Å². The molecule has 0 bridgehead atoms. The summed E-state index contributed by atoms with van der Waals surface area (Å²) < 4.78 is 8.14. The fraction of sp³-hybridized carbons (Fsp3) is 0.300. The first kappa shape index (κ1) is 17.5. The number of nitrogens with zero attached hydrogens (tertiary/aromatic N) is 3. The summed E-state index contributed by atoms with van der Waals surface area (Å²) in [4.78, 5) is 0. The van der Waals surface area contributed by atoms with Gasteiger partial charge >= 0.3 is 0 Å². The lowest BCUT2D eigenvalue weighted by Gasteiger charge is -2.15. The summed E-state index contributed by atoms with van der Waals surface area (Å²) in [5, 5.41) is 9.70. The molecule has 1 atom stereocenters. The number of hydrogen-bond acceptors (Lipinski definition) is 4. The summed E-state index contributed by atoms with van der Waals surface area (Å²) in [5.74, 6) is 2.58. The Labute approximate surface area is 153 Å². The van der Waals surface area contributed by atoms with Gasteiger partial charge in [-0.05, 0) is 38.5 Å². The number of ether oxygens (including phenoxy) is 1. The van der Waals surface area contributed by atoms with Crippen LogP contribution in [0, 0.1) is 6.92 Å². The maximum Gasteiger partial charge on any atom is 0.191 e. The van der Waals surface area contributed by atoms with Gasteiger partial charge in [-0.25, -0.2) is 0 Å². The Morgan fingerprint density at radius 3 is 2.60 bits per heavy atom. The Morgan fingerprint density at radius 2 is 1.88 bits per heavy atom. The number of para-hydroxylation sites is 1. The van der Waals surface area contributed by atoms with E-state index in [4.69, 9.17) is 4.74 Å². The van der Waals surface area contributed by atoms with Crippen molar-refractivity contribution in [3.63, 3.8) is 0 Å². The molecule has 1 heterocycles. The standard InChI is InChI=1S/C20H23N3OS/c1-4-23-19(16(3)24-18-11-6-5-7-12-18)21-22-20(23)25-14-17-10-8-9-15(2)13-17/h5-13,16H,4,14H2,1-3H3/t16-/m1/s1. The topological polar surface area (TPSA) is 39.9 Å². The average molecular weight is 353 g/mol. The summed E-state index contributed by atoms with van der Waals surface area (Å²) in [6, 6.07) is 18.4. The molecule has 0 fully saturated rings. The second-order valence-electron chi connectivity index (χ2n) is 5.94. The molecular weight excluding hydrogens is 330 g/mol. The summed E-state index contributed by atoms with van der Waals surface area (Å²) in [6.07, 6.45) is -0.150. The molecule has 5 heteroatoms. The van der Waals surface area contributed by atoms with Crippen LogP contribution in [-0.2, 0) is 12.3 Å². The minimum Gasteiger partial charge on any atom is -0.483 e. The predicted molar refractivity (Wildman–Crippen MR) is 102 cm³/mol. The Morgan fingerprint density at radius 1 is 1.08 bits per heavy atom. The number of hydrogen-bond donors (Lipinski definition) is 0. The molecule has 0 radical (unpaired) electrons. The van der Waals surface area contributed by atoms with Gasteiger partial charge in [-0.2, -0.15) is 0 Å². The average Bonchev–Trinajstić information content (AvgIpc) is 3.04. The van der Waals surface area contributed by atoms with Gasteiger partial charge in [0, 0.05) is 12.3 Å². The van der Waals surface area contributed by atoms with Crippen molar-refractivity contribution < 1.29 is 4.74 Å². The van der Waals surface area contributed by atoms with Gasteiger partial charge in [0.05, 0.1) is 0 Å². The number of thioether (sulfide) groups is 1. The minimum absolute atomic E-state index is 0.150. The smallest absolute Gasteiger partial charge is 0.191 e. The van der Waals surface area contributed by atoms with Gasteiger partial charge in [-0.15, -0.1) is 10.2 Å². The molecule has 0 spiro atoms. The van der Waals surface area contributed by atoms with E-state index >= 15 is 0 Å². The third-order valence-corrected chi connectivity index (χ3v) is 4.97. The lowest BCUT2D eigenvalue weighted by molar-refractivity contribution is 0.210. The maximum absolute atomic E-state index is 6.00. The van der Waals surface area contributed by atoms with E-state index in [0.29, 0.717) is 0 Å². The maximum atomic E-state index is 6.00. The van der Waals surface area contributed by atoms with Crippen LogP contribution in [0.15, 0.2) is 59.8 Å². The van der Waals surface area contributed by atoms with Crippen LogP contribution in [0.2, 0.25) is 0 Å². The third kappa shape index (κ3) is 4.42. The highest BCUT2D eigenvalue weighted by Gasteiger charge is 2.18. The molecule has 0 N–H and O–H groups in total. The highest BCUT2D eigenvalue weighted by molar-refractivity contribution is 7.98. The zero-order chi connectivity index (χ0) is 17.6. The fourth-order valence-corrected chi connectivity index (χ4v) is 3.66. The van der Waals surface area contributed by atoms with Crippen LogP contribution in [0.4, 0.5) is 0 Å². The Bertz CT molecular complexity index is 817. The largest absolute Gasteiger partial charge is 0.483 e. The Hall–Kier alpha value is -2.27. The normalized spacial score (nSPS) is 12.1. The molecule has 0 unspecified atom stereocenters. The molecule has 0 saturated carbocycles. The number of benzene rings is 2. The predicted octanol–water partition coefficient (Wildman–Crippen LogP) is 5.04. The van der Waals surface area contributed by atoms with E-state index in [-0.39, 0.29) is 6.10 Å². The third-order valence-electron chi connectivity index (χ3n) is 3.93. The van der Waals surface area contributed by atoms with Crippen molar-refractivity contribution in [1.82, 2.24) is 14.8 Å². The monoisotopic (exact) mass is 353 g/mol. The van der Waals surface area contributed by atoms with Gasteiger partial charge in [0.1, 0.15) is 5.75 Å². The Kier molecular flexibility index (Phi) is 5.76. The van der Waals surface area contributed by atoms with Crippen LogP contribution in [0.5, 0.6) is 5.75 Å². The number of rotatable bonds is 7. The summed E-state index contributed by atoms with van der Waals surface area (Å²) in [6.45, 7) is 7.06. The van der Waals surface area contributed by atoms with Crippen molar-refractivity contribution in [2.75, 3.05) is 0 Å². The van der Waals surface area contributed by atoms with Crippen molar-refractivity contribution >= 4 is 11.8 Å². The van der Waals surface area contributed by atoms with Gasteiger partial charge < -0.3 is 9.30 Å². The zero-order valence-electron chi connectivity index (χ0n) is 14.8. The Balaban J connectivity index is 1.72. The molecular formula is C20H23N3OS. The molecule has 25 heavy (non-hydrogen) atoms. The second-order valence-corrected chi connectivity index (χ2v) is 6.88.